The van der Waals surface area contributed by atoms with Crippen LogP contribution in [0.15, 0.2) is 97.1 Å². The van der Waals surface area contributed by atoms with Crippen molar-refractivity contribution in [1.29, 1.82) is 0 Å². The molecular weight excluding hydrogens is 645 g/mol. The molecule has 6 heteroatoms. The Morgan fingerprint density at radius 2 is 1.46 bits per heavy atom. The predicted molar refractivity (Wildman–Crippen MR) is 211 cm³/mol. The standard InChI is InChI=1S/C43H40N2O4.C3H8/c1-44(42(28-14-18-31(48-2)19-15-28)29-16-20-32(49-3)21-17-29)25-36-37(26-46)40-33-9-5-4-8-30(33)24-35(40)43-41(36)34-10-6-7-11-38(34)45(43)23-22-39(47)27-12-13-27;1-3-2/h4-11,14-21,26-27,42H,12-13,22-25H2,1-3H3;3H2,1-2H3. The lowest BCUT2D eigenvalue weighted by molar-refractivity contribution is -0.120. The summed E-state index contributed by atoms with van der Waals surface area (Å²) in [6.45, 7) is 5.40. The smallest absolute Gasteiger partial charge is 0.151 e. The third-order valence-electron chi connectivity index (χ3n) is 10.6. The van der Waals surface area contributed by atoms with E-state index >= 15 is 0 Å². The monoisotopic (exact) mass is 692 g/mol. The van der Waals surface area contributed by atoms with Crippen molar-refractivity contribution in [3.05, 3.63) is 130 Å². The van der Waals surface area contributed by atoms with Crippen molar-refractivity contribution in [1.82, 2.24) is 9.47 Å². The van der Waals surface area contributed by atoms with Crippen LogP contribution >= 0.6 is 0 Å². The molecule has 8 rings (SSSR count). The molecule has 1 heterocycles. The molecule has 0 amide bonds. The van der Waals surface area contributed by atoms with E-state index in [0.29, 0.717) is 25.3 Å². The molecule has 52 heavy (non-hydrogen) atoms. The van der Waals surface area contributed by atoms with Crippen LogP contribution in [-0.4, -0.2) is 42.8 Å². The highest BCUT2D eigenvalue weighted by Gasteiger charge is 2.33. The van der Waals surface area contributed by atoms with E-state index in [-0.39, 0.29) is 12.0 Å². The van der Waals surface area contributed by atoms with Gasteiger partial charge in [0.05, 0.1) is 25.8 Å². The van der Waals surface area contributed by atoms with Crippen LogP contribution in [-0.2, 0) is 24.3 Å². The number of aromatic nitrogens is 1. The van der Waals surface area contributed by atoms with Gasteiger partial charge in [-0.25, -0.2) is 0 Å². The van der Waals surface area contributed by atoms with Crippen LogP contribution in [0.2, 0.25) is 0 Å². The Morgan fingerprint density at radius 3 is 2.06 bits per heavy atom. The van der Waals surface area contributed by atoms with Gasteiger partial charge in [-0.1, -0.05) is 87.0 Å². The number of para-hydroxylation sites is 1. The Morgan fingerprint density at radius 1 is 0.865 bits per heavy atom. The molecule has 0 saturated heterocycles. The van der Waals surface area contributed by atoms with Gasteiger partial charge in [-0.15, -0.1) is 0 Å². The first-order chi connectivity index (χ1) is 25.4. The minimum atomic E-state index is -0.114. The van der Waals surface area contributed by atoms with E-state index in [2.05, 4.69) is 103 Å². The molecule has 0 radical (unpaired) electrons. The van der Waals surface area contributed by atoms with Gasteiger partial charge in [-0.3, -0.25) is 14.5 Å². The highest BCUT2D eigenvalue weighted by molar-refractivity contribution is 6.16. The van der Waals surface area contributed by atoms with Crippen LogP contribution in [0.4, 0.5) is 0 Å². The Balaban J connectivity index is 0.00000136. The summed E-state index contributed by atoms with van der Waals surface area (Å²) in [5.41, 5.74) is 10.8. The summed E-state index contributed by atoms with van der Waals surface area (Å²) in [6, 6.07) is 33.3. The maximum absolute atomic E-state index is 13.4. The second-order valence-electron chi connectivity index (χ2n) is 14.2. The first-order valence-corrected chi connectivity index (χ1v) is 18.5. The summed E-state index contributed by atoms with van der Waals surface area (Å²) in [4.78, 5) is 28.8. The molecule has 0 bridgehead atoms. The number of aryl methyl sites for hydroxylation is 1. The van der Waals surface area contributed by atoms with Crippen molar-refractivity contribution in [3.8, 4) is 22.6 Å². The van der Waals surface area contributed by atoms with Gasteiger partial charge in [0.15, 0.2) is 6.29 Å². The van der Waals surface area contributed by atoms with Crippen molar-refractivity contribution in [2.24, 2.45) is 5.92 Å². The number of carbonyl (C=O) groups is 2. The lowest BCUT2D eigenvalue weighted by Crippen LogP contribution is -2.26. The van der Waals surface area contributed by atoms with Gasteiger partial charge >= 0.3 is 0 Å². The Kier molecular flexibility index (Phi) is 10.3. The molecule has 0 aliphatic heterocycles. The quantitative estimate of drug-likeness (QED) is 0.119. The number of ketones is 1. The Hall–Kier alpha value is -5.20. The molecule has 6 aromatic rings. The normalized spacial score (nSPS) is 13.2. The molecule has 1 saturated carbocycles. The van der Waals surface area contributed by atoms with Crippen LogP contribution in [0, 0.1) is 5.92 Å². The van der Waals surface area contributed by atoms with Gasteiger partial charge in [0.25, 0.3) is 0 Å². The number of aldehydes is 1. The molecule has 2 aliphatic rings. The predicted octanol–water partition coefficient (Wildman–Crippen LogP) is 10.2. The SMILES string of the molecule is CCC.COc1ccc(C(c2ccc(OC)cc2)N(C)Cc2c(C=O)c3c(c4c2c2ccccc2n4CCC(=O)C2CC2)Cc2ccccc2-3)cc1. The number of rotatable bonds is 12. The first-order valence-electron chi connectivity index (χ1n) is 18.5. The molecule has 0 N–H and O–H groups in total. The van der Waals surface area contributed by atoms with E-state index in [1.54, 1.807) is 14.2 Å². The van der Waals surface area contributed by atoms with Crippen molar-refractivity contribution in [2.45, 2.75) is 65.1 Å². The average molecular weight is 693 g/mol. The minimum absolute atomic E-state index is 0.114. The molecule has 0 unspecified atom stereocenters. The fraction of sp³-hybridized carbons (Fsp3) is 0.304. The summed E-state index contributed by atoms with van der Waals surface area (Å²) >= 11 is 0. The lowest BCUT2D eigenvalue weighted by Gasteiger charge is -2.30. The molecule has 266 valence electrons. The number of fused-ring (bicyclic) bond motifs is 7. The van der Waals surface area contributed by atoms with Crippen LogP contribution in [0.5, 0.6) is 11.5 Å². The number of ether oxygens (including phenoxy) is 2. The molecule has 6 nitrogen and oxygen atoms in total. The van der Waals surface area contributed by atoms with E-state index in [9.17, 15) is 9.59 Å². The zero-order valence-corrected chi connectivity index (χ0v) is 30.9. The molecule has 0 atom stereocenters. The summed E-state index contributed by atoms with van der Waals surface area (Å²) in [5, 5.41) is 2.23. The third kappa shape index (κ3) is 6.52. The zero-order valence-electron chi connectivity index (χ0n) is 30.9. The molecule has 1 fully saturated rings. The number of methoxy groups -OCH3 is 2. The second kappa shape index (κ2) is 15.2. The van der Waals surface area contributed by atoms with Crippen LogP contribution in [0.25, 0.3) is 32.9 Å². The highest BCUT2D eigenvalue weighted by atomic mass is 16.5. The van der Waals surface area contributed by atoms with Crippen LogP contribution in [0.1, 0.15) is 83.7 Å². The number of nitrogens with zero attached hydrogens (tertiary/aromatic N) is 2. The average Bonchev–Trinajstić information content (AvgIpc) is 3.89. The van der Waals surface area contributed by atoms with Crippen molar-refractivity contribution < 1.29 is 19.1 Å². The summed E-state index contributed by atoms with van der Waals surface area (Å²) in [5.74, 6) is 2.18. The van der Waals surface area contributed by atoms with Crippen molar-refractivity contribution >= 4 is 33.9 Å². The van der Waals surface area contributed by atoms with Gasteiger partial charge in [0, 0.05) is 53.7 Å². The van der Waals surface area contributed by atoms with Gasteiger partial charge < -0.3 is 14.0 Å². The molecule has 2 aliphatic carbocycles. The maximum atomic E-state index is 13.4. The van der Waals surface area contributed by atoms with Crippen molar-refractivity contribution in [3.63, 3.8) is 0 Å². The number of hydrogen-bond acceptors (Lipinski definition) is 5. The fourth-order valence-corrected chi connectivity index (χ4v) is 8.05. The summed E-state index contributed by atoms with van der Waals surface area (Å²) in [7, 11) is 5.49. The Labute approximate surface area is 307 Å². The number of benzene rings is 5. The second-order valence-corrected chi connectivity index (χ2v) is 14.2. The van der Waals surface area contributed by atoms with E-state index in [1.807, 2.05) is 24.3 Å². The summed E-state index contributed by atoms with van der Waals surface area (Å²) in [6.07, 6.45) is 5.62. The molecule has 0 spiro atoms. The van der Waals surface area contributed by atoms with Crippen molar-refractivity contribution in [2.75, 3.05) is 21.3 Å². The largest absolute Gasteiger partial charge is 0.497 e. The van der Waals surface area contributed by atoms with Gasteiger partial charge in [-0.2, -0.15) is 0 Å². The Bertz CT molecular complexity index is 2180. The lowest BCUT2D eigenvalue weighted by atomic mass is 9.90. The number of carbonyl (C=O) groups excluding carboxylic acids is 2. The summed E-state index contributed by atoms with van der Waals surface area (Å²) < 4.78 is 13.4. The van der Waals surface area contributed by atoms with E-state index in [1.165, 1.54) is 17.5 Å². The van der Waals surface area contributed by atoms with Crippen LogP contribution in [0.3, 0.4) is 0 Å². The topological polar surface area (TPSA) is 60.8 Å². The van der Waals surface area contributed by atoms with Gasteiger partial charge in [-0.05, 0) is 89.2 Å². The van der Waals surface area contributed by atoms with Gasteiger partial charge in [0.1, 0.15) is 17.3 Å². The van der Waals surface area contributed by atoms with E-state index in [4.69, 9.17) is 9.47 Å². The molecular formula is C46H48N2O4. The number of hydrogen-bond donors (Lipinski definition) is 0. The maximum Gasteiger partial charge on any atom is 0.151 e. The molecule has 1 aromatic heterocycles. The highest BCUT2D eigenvalue weighted by Crippen LogP contribution is 2.48. The zero-order chi connectivity index (χ0) is 36.4. The number of Topliss-reactive ketones (excluding diaryl/α,β-unsaturated/α-hetero) is 1. The van der Waals surface area contributed by atoms with E-state index < -0.39 is 0 Å². The van der Waals surface area contributed by atoms with Gasteiger partial charge in [0.2, 0.25) is 0 Å². The third-order valence-corrected chi connectivity index (χ3v) is 10.6. The first kappa shape index (κ1) is 35.2. The molecule has 5 aromatic carbocycles. The minimum Gasteiger partial charge on any atom is -0.497 e. The fourth-order valence-electron chi connectivity index (χ4n) is 8.05. The van der Waals surface area contributed by atoms with Crippen LogP contribution < -0.4 is 9.47 Å². The van der Waals surface area contributed by atoms with E-state index in [0.717, 1.165) is 92.2 Å².